The Morgan fingerprint density at radius 3 is 2.31 bits per heavy atom. The minimum Gasteiger partial charge on any atom is -0.460 e. The highest BCUT2D eigenvalue weighted by molar-refractivity contribution is 6.08. The molecule has 0 aliphatic rings. The van der Waals surface area contributed by atoms with E-state index >= 15 is 0 Å². The molecular formula is C23H19N3O3. The van der Waals surface area contributed by atoms with Crippen molar-refractivity contribution in [2.45, 2.75) is 13.8 Å². The number of para-hydroxylation sites is 1. The van der Waals surface area contributed by atoms with Crippen molar-refractivity contribution >= 4 is 17.4 Å². The largest absolute Gasteiger partial charge is 0.460 e. The van der Waals surface area contributed by atoms with E-state index < -0.39 is 0 Å². The second kappa shape index (κ2) is 7.59. The molecule has 0 radical (unpaired) electrons. The maximum absolute atomic E-state index is 13.0. The molecule has 4 aromatic rings. The summed E-state index contributed by atoms with van der Waals surface area (Å²) in [4.78, 5) is 24.4. The third kappa shape index (κ3) is 3.87. The summed E-state index contributed by atoms with van der Waals surface area (Å²) in [6, 6.07) is 19.9. The molecule has 29 heavy (non-hydrogen) atoms. The number of benzene rings is 2. The van der Waals surface area contributed by atoms with Gasteiger partial charge in [-0.25, -0.2) is 4.68 Å². The Kier molecular flexibility index (Phi) is 4.83. The summed E-state index contributed by atoms with van der Waals surface area (Å²) in [6.07, 6.45) is 1.68. The van der Waals surface area contributed by atoms with E-state index in [0.29, 0.717) is 28.3 Å². The van der Waals surface area contributed by atoms with E-state index in [1.54, 1.807) is 41.2 Å². The number of rotatable bonds is 5. The zero-order valence-corrected chi connectivity index (χ0v) is 16.0. The van der Waals surface area contributed by atoms with Gasteiger partial charge in [0.15, 0.2) is 11.5 Å². The molecule has 6 heteroatoms. The summed E-state index contributed by atoms with van der Waals surface area (Å²) >= 11 is 0. The number of nitrogens with one attached hydrogen (secondary N) is 1. The number of anilines is 1. The van der Waals surface area contributed by atoms with Crippen LogP contribution in [0.2, 0.25) is 0 Å². The number of amides is 1. The first-order valence-electron chi connectivity index (χ1n) is 9.15. The van der Waals surface area contributed by atoms with Crippen LogP contribution in [-0.4, -0.2) is 21.5 Å². The Hall–Kier alpha value is -3.93. The maximum atomic E-state index is 13.0. The van der Waals surface area contributed by atoms with E-state index in [1.807, 2.05) is 43.3 Å². The molecule has 1 N–H and O–H groups in total. The van der Waals surface area contributed by atoms with Crippen LogP contribution in [0, 0.1) is 6.92 Å². The summed E-state index contributed by atoms with van der Waals surface area (Å²) in [5, 5.41) is 7.44. The molecule has 0 fully saturated rings. The quantitative estimate of drug-likeness (QED) is 0.496. The molecule has 0 spiro atoms. The Morgan fingerprint density at radius 2 is 1.69 bits per heavy atom. The fourth-order valence-electron chi connectivity index (χ4n) is 2.98. The lowest BCUT2D eigenvalue weighted by Crippen LogP contribution is -2.12. The van der Waals surface area contributed by atoms with Crippen molar-refractivity contribution in [1.29, 1.82) is 0 Å². The molecule has 1 amide bonds. The predicted octanol–water partition coefficient (Wildman–Crippen LogP) is 4.90. The standard InChI is InChI=1S/C23H19N3O3/c1-15-8-13-21(29-15)22-20(14-26(25-22)19-6-4-3-5-7-19)23(28)24-18-11-9-17(10-12-18)16(2)27/h3-14H,1-2H3,(H,24,28). The predicted molar refractivity (Wildman–Crippen MR) is 110 cm³/mol. The van der Waals surface area contributed by atoms with Crippen molar-refractivity contribution in [3.63, 3.8) is 0 Å². The summed E-state index contributed by atoms with van der Waals surface area (Å²) < 4.78 is 7.36. The van der Waals surface area contributed by atoms with Crippen LogP contribution >= 0.6 is 0 Å². The molecule has 144 valence electrons. The van der Waals surface area contributed by atoms with E-state index in [-0.39, 0.29) is 11.7 Å². The van der Waals surface area contributed by atoms with Gasteiger partial charge in [-0.05, 0) is 62.4 Å². The van der Waals surface area contributed by atoms with Gasteiger partial charge in [0.25, 0.3) is 5.91 Å². The van der Waals surface area contributed by atoms with Crippen molar-refractivity contribution in [3.8, 4) is 17.1 Å². The van der Waals surface area contributed by atoms with Gasteiger partial charge in [0.2, 0.25) is 0 Å². The topological polar surface area (TPSA) is 77.1 Å². The molecule has 0 bridgehead atoms. The molecule has 2 heterocycles. The Balaban J connectivity index is 1.70. The third-order valence-corrected chi connectivity index (χ3v) is 4.50. The first-order valence-corrected chi connectivity index (χ1v) is 9.15. The van der Waals surface area contributed by atoms with E-state index in [4.69, 9.17) is 4.42 Å². The van der Waals surface area contributed by atoms with Gasteiger partial charge in [-0.1, -0.05) is 18.2 Å². The number of carbonyl (C=O) groups excluding carboxylic acids is 2. The number of hydrogen-bond donors (Lipinski definition) is 1. The van der Waals surface area contributed by atoms with Crippen LogP contribution in [0.4, 0.5) is 5.69 Å². The molecule has 0 aliphatic carbocycles. The molecule has 0 aliphatic heterocycles. The van der Waals surface area contributed by atoms with E-state index in [1.165, 1.54) is 6.92 Å². The van der Waals surface area contributed by atoms with Gasteiger partial charge in [-0.15, -0.1) is 0 Å². The number of ketones is 1. The second-order valence-electron chi connectivity index (χ2n) is 6.67. The molecule has 2 aromatic carbocycles. The van der Waals surface area contributed by atoms with Gasteiger partial charge in [0.1, 0.15) is 11.5 Å². The van der Waals surface area contributed by atoms with Gasteiger partial charge < -0.3 is 9.73 Å². The lowest BCUT2D eigenvalue weighted by Gasteiger charge is -2.05. The SMILES string of the molecule is CC(=O)c1ccc(NC(=O)c2cn(-c3ccccc3)nc2-c2ccc(C)o2)cc1. The first-order chi connectivity index (χ1) is 14.0. The Morgan fingerprint density at radius 1 is 0.966 bits per heavy atom. The van der Waals surface area contributed by atoms with Gasteiger partial charge >= 0.3 is 0 Å². The second-order valence-corrected chi connectivity index (χ2v) is 6.67. The molecule has 0 saturated carbocycles. The fraction of sp³-hybridized carbons (Fsp3) is 0.0870. The minimum absolute atomic E-state index is 0.0255. The minimum atomic E-state index is -0.313. The molecule has 0 unspecified atom stereocenters. The highest BCUT2D eigenvalue weighted by atomic mass is 16.3. The fourth-order valence-corrected chi connectivity index (χ4v) is 2.98. The summed E-state index contributed by atoms with van der Waals surface area (Å²) in [6.45, 7) is 3.34. The highest BCUT2D eigenvalue weighted by Crippen LogP contribution is 2.26. The van der Waals surface area contributed by atoms with Crippen LogP contribution in [0.3, 0.4) is 0 Å². The van der Waals surface area contributed by atoms with Crippen LogP contribution in [0.25, 0.3) is 17.1 Å². The number of aryl methyl sites for hydroxylation is 1. The van der Waals surface area contributed by atoms with Crippen molar-refractivity contribution < 1.29 is 14.0 Å². The van der Waals surface area contributed by atoms with Crippen LogP contribution in [0.1, 0.15) is 33.4 Å². The first kappa shape index (κ1) is 18.4. The molecule has 2 aromatic heterocycles. The lowest BCUT2D eigenvalue weighted by molar-refractivity contribution is 0.101. The average molecular weight is 385 g/mol. The van der Waals surface area contributed by atoms with Crippen LogP contribution < -0.4 is 5.32 Å². The third-order valence-electron chi connectivity index (χ3n) is 4.50. The van der Waals surface area contributed by atoms with Crippen molar-refractivity contribution in [2.24, 2.45) is 0 Å². The smallest absolute Gasteiger partial charge is 0.259 e. The summed E-state index contributed by atoms with van der Waals surface area (Å²) in [5.41, 5.74) is 2.86. The summed E-state index contributed by atoms with van der Waals surface area (Å²) in [5.74, 6) is 0.920. The average Bonchev–Trinajstić information content (AvgIpc) is 3.35. The number of furan rings is 1. The molecular weight excluding hydrogens is 366 g/mol. The Labute approximate surface area is 167 Å². The van der Waals surface area contributed by atoms with E-state index in [2.05, 4.69) is 10.4 Å². The monoisotopic (exact) mass is 385 g/mol. The highest BCUT2D eigenvalue weighted by Gasteiger charge is 2.21. The van der Waals surface area contributed by atoms with Crippen LogP contribution in [0.15, 0.2) is 77.3 Å². The summed E-state index contributed by atoms with van der Waals surface area (Å²) in [7, 11) is 0. The molecule has 6 nitrogen and oxygen atoms in total. The van der Waals surface area contributed by atoms with Gasteiger partial charge in [-0.2, -0.15) is 5.10 Å². The normalized spacial score (nSPS) is 10.7. The van der Waals surface area contributed by atoms with E-state index in [9.17, 15) is 9.59 Å². The number of aromatic nitrogens is 2. The van der Waals surface area contributed by atoms with E-state index in [0.717, 1.165) is 11.4 Å². The van der Waals surface area contributed by atoms with Crippen molar-refractivity contribution in [1.82, 2.24) is 9.78 Å². The number of carbonyl (C=O) groups is 2. The maximum Gasteiger partial charge on any atom is 0.259 e. The zero-order valence-electron chi connectivity index (χ0n) is 16.0. The van der Waals surface area contributed by atoms with Crippen molar-refractivity contribution in [2.75, 3.05) is 5.32 Å². The lowest BCUT2D eigenvalue weighted by atomic mass is 10.1. The van der Waals surface area contributed by atoms with Gasteiger partial charge in [0, 0.05) is 17.4 Å². The van der Waals surface area contributed by atoms with Crippen LogP contribution in [-0.2, 0) is 0 Å². The zero-order chi connectivity index (χ0) is 20.4. The molecule has 0 saturated heterocycles. The van der Waals surface area contributed by atoms with Gasteiger partial charge in [-0.3, -0.25) is 9.59 Å². The number of hydrogen-bond acceptors (Lipinski definition) is 4. The number of nitrogens with zero attached hydrogens (tertiary/aromatic N) is 2. The van der Waals surface area contributed by atoms with Crippen molar-refractivity contribution in [3.05, 3.63) is 89.8 Å². The molecule has 4 rings (SSSR count). The Bertz CT molecular complexity index is 1170. The van der Waals surface area contributed by atoms with Gasteiger partial charge in [0.05, 0.1) is 11.3 Å². The number of Topliss-reactive ketones (excluding diaryl/α,β-unsaturated/α-hetero) is 1. The molecule has 0 atom stereocenters. The van der Waals surface area contributed by atoms with Crippen LogP contribution in [0.5, 0.6) is 0 Å².